The van der Waals surface area contributed by atoms with E-state index in [1.165, 1.54) is 5.56 Å². The Kier molecular flexibility index (Phi) is 4.39. The van der Waals surface area contributed by atoms with Crippen LogP contribution in [0.3, 0.4) is 0 Å². The molecule has 0 amide bonds. The lowest BCUT2D eigenvalue weighted by molar-refractivity contribution is 0.385. The summed E-state index contributed by atoms with van der Waals surface area (Å²) in [6, 6.07) is 10.2. The second-order valence-corrected chi connectivity index (χ2v) is 4.76. The average Bonchev–Trinajstić information content (AvgIpc) is 2.78. The summed E-state index contributed by atoms with van der Waals surface area (Å²) >= 11 is 5.89. The van der Waals surface area contributed by atoms with E-state index in [2.05, 4.69) is 29.5 Å². The van der Waals surface area contributed by atoms with E-state index in [0.717, 1.165) is 22.9 Å². The molecule has 1 N–H and O–H groups in total. The van der Waals surface area contributed by atoms with E-state index >= 15 is 0 Å². The maximum absolute atomic E-state index is 5.89. The summed E-state index contributed by atoms with van der Waals surface area (Å²) in [5.41, 5.74) is 2.17. The highest BCUT2D eigenvalue weighted by Gasteiger charge is 2.09. The Labute approximate surface area is 112 Å². The Morgan fingerprint density at radius 1 is 1.33 bits per heavy atom. The van der Waals surface area contributed by atoms with Gasteiger partial charge in [-0.1, -0.05) is 35.8 Å². The third-order valence-corrected chi connectivity index (χ3v) is 3.14. The summed E-state index contributed by atoms with van der Waals surface area (Å²) in [6.07, 6.45) is 1.01. The van der Waals surface area contributed by atoms with Gasteiger partial charge in [0.15, 0.2) is 0 Å². The Morgan fingerprint density at radius 3 is 2.61 bits per heavy atom. The molecule has 96 valence electrons. The molecule has 3 nitrogen and oxygen atoms in total. The first-order valence-electron chi connectivity index (χ1n) is 6.10. The summed E-state index contributed by atoms with van der Waals surface area (Å²) in [4.78, 5) is 0. The molecule has 0 aliphatic carbocycles. The lowest BCUT2D eigenvalue weighted by Gasteiger charge is -2.16. The topological polar surface area (TPSA) is 38.1 Å². The van der Waals surface area contributed by atoms with Crippen LogP contribution in [-0.2, 0) is 6.54 Å². The number of halogens is 1. The van der Waals surface area contributed by atoms with Gasteiger partial charge in [-0.2, -0.15) is 0 Å². The maximum atomic E-state index is 5.89. The zero-order chi connectivity index (χ0) is 13.0. The molecule has 4 heteroatoms. The maximum Gasteiger partial charge on any atom is 0.133 e. The lowest BCUT2D eigenvalue weighted by atomic mass is 10.0. The first-order valence-corrected chi connectivity index (χ1v) is 6.48. The number of aryl methyl sites for hydroxylation is 1. The van der Waals surface area contributed by atoms with Crippen LogP contribution in [-0.4, -0.2) is 5.16 Å². The van der Waals surface area contributed by atoms with Gasteiger partial charge in [-0.25, -0.2) is 0 Å². The fourth-order valence-corrected chi connectivity index (χ4v) is 2.05. The number of nitrogens with one attached hydrogen (secondary N) is 1. The Balaban J connectivity index is 1.99. The van der Waals surface area contributed by atoms with Crippen molar-refractivity contribution in [3.05, 3.63) is 52.4 Å². The van der Waals surface area contributed by atoms with Gasteiger partial charge in [-0.3, -0.25) is 0 Å². The van der Waals surface area contributed by atoms with E-state index in [-0.39, 0.29) is 0 Å². The molecule has 1 heterocycles. The number of aromatic nitrogens is 1. The van der Waals surface area contributed by atoms with Crippen LogP contribution in [0.2, 0.25) is 5.02 Å². The molecule has 1 aromatic carbocycles. The highest BCUT2D eigenvalue weighted by Crippen LogP contribution is 2.19. The molecular weight excluding hydrogens is 248 g/mol. The molecule has 0 saturated heterocycles. The molecule has 1 atom stereocenters. The highest BCUT2D eigenvalue weighted by atomic mass is 35.5. The van der Waals surface area contributed by atoms with Crippen molar-refractivity contribution in [3.63, 3.8) is 0 Å². The zero-order valence-electron chi connectivity index (χ0n) is 10.6. The lowest BCUT2D eigenvalue weighted by Crippen LogP contribution is -2.20. The molecular formula is C14H17ClN2O. The average molecular weight is 265 g/mol. The number of hydrogen-bond donors (Lipinski definition) is 1. The monoisotopic (exact) mass is 264 g/mol. The van der Waals surface area contributed by atoms with E-state index in [1.807, 2.05) is 25.1 Å². The SMILES string of the molecule is CCC(NCc1cc(C)on1)c1ccc(Cl)cc1. The predicted molar refractivity (Wildman–Crippen MR) is 72.6 cm³/mol. The normalized spacial score (nSPS) is 12.6. The first kappa shape index (κ1) is 13.1. The second-order valence-electron chi connectivity index (χ2n) is 4.32. The van der Waals surface area contributed by atoms with Gasteiger partial charge in [0.05, 0.1) is 5.69 Å². The summed E-state index contributed by atoms with van der Waals surface area (Å²) in [5, 5.41) is 8.20. The Hall–Kier alpha value is -1.32. The van der Waals surface area contributed by atoms with Crippen molar-refractivity contribution in [2.75, 3.05) is 0 Å². The Bertz CT molecular complexity index is 493. The van der Waals surface area contributed by atoms with Crippen molar-refractivity contribution in [3.8, 4) is 0 Å². The molecule has 2 aromatic rings. The number of nitrogens with zero attached hydrogens (tertiary/aromatic N) is 1. The minimum Gasteiger partial charge on any atom is -0.361 e. The van der Waals surface area contributed by atoms with E-state index < -0.39 is 0 Å². The van der Waals surface area contributed by atoms with Crippen molar-refractivity contribution in [1.82, 2.24) is 10.5 Å². The van der Waals surface area contributed by atoms with Gasteiger partial charge in [0.2, 0.25) is 0 Å². The van der Waals surface area contributed by atoms with Crippen molar-refractivity contribution in [2.45, 2.75) is 32.9 Å². The van der Waals surface area contributed by atoms with Gasteiger partial charge in [0.1, 0.15) is 5.76 Å². The van der Waals surface area contributed by atoms with Crippen LogP contribution in [0.1, 0.15) is 36.4 Å². The van der Waals surface area contributed by atoms with E-state index in [0.29, 0.717) is 12.6 Å². The van der Waals surface area contributed by atoms with E-state index in [1.54, 1.807) is 0 Å². The van der Waals surface area contributed by atoms with Gasteiger partial charge in [0, 0.05) is 23.7 Å². The van der Waals surface area contributed by atoms with Crippen LogP contribution >= 0.6 is 11.6 Å². The largest absolute Gasteiger partial charge is 0.361 e. The number of rotatable bonds is 5. The molecule has 0 saturated carbocycles. The minimum atomic E-state index is 0.305. The van der Waals surface area contributed by atoms with Crippen LogP contribution in [0.25, 0.3) is 0 Å². The van der Waals surface area contributed by atoms with Crippen LogP contribution in [0.15, 0.2) is 34.9 Å². The van der Waals surface area contributed by atoms with Crippen LogP contribution < -0.4 is 5.32 Å². The fourth-order valence-electron chi connectivity index (χ4n) is 1.92. The van der Waals surface area contributed by atoms with Gasteiger partial charge in [-0.05, 0) is 31.0 Å². The standard InChI is InChI=1S/C14H17ClN2O/c1-3-14(11-4-6-12(15)7-5-11)16-9-13-8-10(2)18-17-13/h4-8,14,16H,3,9H2,1-2H3. The highest BCUT2D eigenvalue weighted by molar-refractivity contribution is 6.30. The number of hydrogen-bond acceptors (Lipinski definition) is 3. The second kappa shape index (κ2) is 6.03. The third-order valence-electron chi connectivity index (χ3n) is 2.89. The summed E-state index contributed by atoms with van der Waals surface area (Å²) in [6.45, 7) is 4.76. The Morgan fingerprint density at radius 2 is 2.06 bits per heavy atom. The molecule has 1 unspecified atom stereocenters. The van der Waals surface area contributed by atoms with Gasteiger partial charge in [-0.15, -0.1) is 0 Å². The van der Waals surface area contributed by atoms with E-state index in [9.17, 15) is 0 Å². The van der Waals surface area contributed by atoms with Crippen molar-refractivity contribution in [1.29, 1.82) is 0 Å². The molecule has 0 radical (unpaired) electrons. The zero-order valence-corrected chi connectivity index (χ0v) is 11.4. The summed E-state index contributed by atoms with van der Waals surface area (Å²) in [5.74, 6) is 0.839. The summed E-state index contributed by atoms with van der Waals surface area (Å²) < 4.78 is 5.04. The minimum absolute atomic E-state index is 0.305. The third kappa shape index (κ3) is 3.34. The quantitative estimate of drug-likeness (QED) is 0.891. The molecule has 0 fully saturated rings. The fraction of sp³-hybridized carbons (Fsp3) is 0.357. The van der Waals surface area contributed by atoms with Gasteiger partial charge in [0.25, 0.3) is 0 Å². The first-order chi connectivity index (χ1) is 8.69. The van der Waals surface area contributed by atoms with Crippen molar-refractivity contribution < 1.29 is 4.52 Å². The number of benzene rings is 1. The smallest absolute Gasteiger partial charge is 0.133 e. The predicted octanol–water partition coefficient (Wildman–Crippen LogP) is 3.88. The van der Waals surface area contributed by atoms with E-state index in [4.69, 9.17) is 16.1 Å². The van der Waals surface area contributed by atoms with Crippen LogP contribution in [0.4, 0.5) is 0 Å². The van der Waals surface area contributed by atoms with Gasteiger partial charge >= 0.3 is 0 Å². The van der Waals surface area contributed by atoms with Crippen LogP contribution in [0.5, 0.6) is 0 Å². The van der Waals surface area contributed by atoms with Crippen molar-refractivity contribution >= 4 is 11.6 Å². The molecule has 0 aliphatic heterocycles. The van der Waals surface area contributed by atoms with Gasteiger partial charge < -0.3 is 9.84 Å². The van der Waals surface area contributed by atoms with Crippen LogP contribution in [0, 0.1) is 6.92 Å². The molecule has 18 heavy (non-hydrogen) atoms. The molecule has 1 aromatic heterocycles. The summed E-state index contributed by atoms with van der Waals surface area (Å²) in [7, 11) is 0. The molecule has 0 spiro atoms. The van der Waals surface area contributed by atoms with Crippen molar-refractivity contribution in [2.24, 2.45) is 0 Å². The molecule has 0 bridgehead atoms. The molecule has 0 aliphatic rings. The molecule has 2 rings (SSSR count).